The fourth-order valence-corrected chi connectivity index (χ4v) is 4.21. The monoisotopic (exact) mass is 351 g/mol. The molecule has 3 nitrogen and oxygen atoms in total. The lowest BCUT2D eigenvalue weighted by Crippen LogP contribution is -2.27. The van der Waals surface area contributed by atoms with Gasteiger partial charge in [-0.15, -0.1) is 0 Å². The van der Waals surface area contributed by atoms with E-state index in [4.69, 9.17) is 11.6 Å². The van der Waals surface area contributed by atoms with Crippen molar-refractivity contribution in [1.29, 1.82) is 0 Å². The summed E-state index contributed by atoms with van der Waals surface area (Å²) in [6.07, 6.45) is 0.962. The predicted octanol–water partition coefficient (Wildman–Crippen LogP) is 4.56. The molecule has 5 heteroatoms. The van der Waals surface area contributed by atoms with Gasteiger partial charge in [0, 0.05) is 11.1 Å². The highest BCUT2D eigenvalue weighted by Crippen LogP contribution is 2.25. The second kappa shape index (κ2) is 7.04. The van der Waals surface area contributed by atoms with E-state index in [2.05, 4.69) is 11.6 Å². The Morgan fingerprint density at radius 2 is 1.70 bits per heavy atom. The second-order valence-electron chi connectivity index (χ2n) is 5.80. The van der Waals surface area contributed by atoms with Gasteiger partial charge in [0.2, 0.25) is 10.0 Å². The average molecular weight is 352 g/mol. The molecule has 0 aliphatic heterocycles. The lowest BCUT2D eigenvalue weighted by Gasteiger charge is -2.17. The number of rotatable bonds is 5. The third kappa shape index (κ3) is 4.14. The number of aryl methyl sites for hydroxylation is 3. The Morgan fingerprint density at radius 1 is 1.09 bits per heavy atom. The van der Waals surface area contributed by atoms with Crippen LogP contribution in [-0.2, 0) is 16.4 Å². The summed E-state index contributed by atoms with van der Waals surface area (Å²) in [6, 6.07) is 11.0. The quantitative estimate of drug-likeness (QED) is 0.858. The summed E-state index contributed by atoms with van der Waals surface area (Å²) >= 11 is 6.05. The molecule has 0 spiro atoms. The molecule has 1 N–H and O–H groups in total. The first-order valence-electron chi connectivity index (χ1n) is 7.62. The van der Waals surface area contributed by atoms with Crippen LogP contribution in [0.5, 0.6) is 0 Å². The lowest BCUT2D eigenvalue weighted by atomic mass is 10.1. The molecule has 0 radical (unpaired) electrons. The van der Waals surface area contributed by atoms with Crippen molar-refractivity contribution >= 4 is 21.6 Å². The van der Waals surface area contributed by atoms with Crippen LogP contribution in [0.3, 0.4) is 0 Å². The lowest BCUT2D eigenvalue weighted by molar-refractivity contribution is 0.566. The molecule has 0 saturated carbocycles. The second-order valence-corrected chi connectivity index (χ2v) is 7.89. The summed E-state index contributed by atoms with van der Waals surface area (Å²) in [5.74, 6) is 0. The van der Waals surface area contributed by atoms with Crippen LogP contribution in [0.2, 0.25) is 5.02 Å². The number of hydrogen-bond donors (Lipinski definition) is 1. The molecule has 124 valence electrons. The number of sulfonamides is 1. The summed E-state index contributed by atoms with van der Waals surface area (Å²) < 4.78 is 28.1. The average Bonchev–Trinajstić information content (AvgIpc) is 2.50. The van der Waals surface area contributed by atoms with Gasteiger partial charge < -0.3 is 0 Å². The van der Waals surface area contributed by atoms with Gasteiger partial charge in [0.25, 0.3) is 0 Å². The van der Waals surface area contributed by atoms with Gasteiger partial charge in [0.1, 0.15) is 0 Å². The highest BCUT2D eigenvalue weighted by atomic mass is 35.5. The zero-order valence-electron chi connectivity index (χ0n) is 13.9. The molecular weight excluding hydrogens is 330 g/mol. The molecule has 23 heavy (non-hydrogen) atoms. The van der Waals surface area contributed by atoms with E-state index >= 15 is 0 Å². The number of benzene rings is 2. The number of nitrogens with one attached hydrogen (secondary N) is 1. The van der Waals surface area contributed by atoms with Gasteiger partial charge in [-0.25, -0.2) is 13.1 Å². The topological polar surface area (TPSA) is 46.2 Å². The standard InChI is InChI=1S/C18H22ClNO2S/c1-5-15-6-8-16(9-7-15)14(4)20-23(21,22)18-11-12(2)17(19)10-13(18)3/h6-11,14,20H,5H2,1-4H3. The zero-order valence-corrected chi connectivity index (χ0v) is 15.4. The van der Waals surface area contributed by atoms with E-state index in [1.165, 1.54) is 5.56 Å². The van der Waals surface area contributed by atoms with Crippen LogP contribution in [0.15, 0.2) is 41.3 Å². The fraction of sp³-hybridized carbons (Fsp3) is 0.333. The van der Waals surface area contributed by atoms with E-state index < -0.39 is 10.0 Å². The maximum absolute atomic E-state index is 12.7. The van der Waals surface area contributed by atoms with Crippen molar-refractivity contribution in [2.45, 2.75) is 45.1 Å². The molecule has 0 aliphatic rings. The molecule has 2 aromatic carbocycles. The van der Waals surface area contributed by atoms with Crippen LogP contribution < -0.4 is 4.72 Å². The third-order valence-corrected chi connectivity index (χ3v) is 6.06. The minimum Gasteiger partial charge on any atom is -0.207 e. The van der Waals surface area contributed by atoms with Crippen molar-refractivity contribution in [2.75, 3.05) is 0 Å². The molecule has 0 aromatic heterocycles. The van der Waals surface area contributed by atoms with Gasteiger partial charge in [0.15, 0.2) is 0 Å². The van der Waals surface area contributed by atoms with E-state index in [1.807, 2.05) is 31.2 Å². The molecule has 0 fully saturated rings. The van der Waals surface area contributed by atoms with Crippen molar-refractivity contribution in [1.82, 2.24) is 4.72 Å². The first kappa shape index (κ1) is 18.0. The third-order valence-electron chi connectivity index (χ3n) is 3.97. The largest absolute Gasteiger partial charge is 0.241 e. The smallest absolute Gasteiger partial charge is 0.207 e. The molecule has 0 aliphatic carbocycles. The number of halogens is 1. The highest BCUT2D eigenvalue weighted by Gasteiger charge is 2.21. The van der Waals surface area contributed by atoms with Crippen LogP contribution in [0.1, 0.15) is 42.1 Å². The predicted molar refractivity (Wildman–Crippen MR) is 95.5 cm³/mol. The van der Waals surface area contributed by atoms with Crippen molar-refractivity contribution < 1.29 is 8.42 Å². The van der Waals surface area contributed by atoms with Crippen LogP contribution in [-0.4, -0.2) is 8.42 Å². The molecular formula is C18H22ClNO2S. The van der Waals surface area contributed by atoms with Gasteiger partial charge >= 0.3 is 0 Å². The zero-order chi connectivity index (χ0) is 17.2. The van der Waals surface area contributed by atoms with Crippen molar-refractivity contribution in [2.24, 2.45) is 0 Å². The maximum atomic E-state index is 12.7. The van der Waals surface area contributed by atoms with Gasteiger partial charge in [-0.3, -0.25) is 0 Å². The Labute approximate surface area is 143 Å². The Balaban J connectivity index is 2.28. The minimum absolute atomic E-state index is 0.274. The van der Waals surface area contributed by atoms with Gasteiger partial charge in [-0.1, -0.05) is 42.8 Å². The number of hydrogen-bond acceptors (Lipinski definition) is 2. The first-order valence-corrected chi connectivity index (χ1v) is 9.48. The summed E-state index contributed by atoms with van der Waals surface area (Å²) in [7, 11) is -3.60. The van der Waals surface area contributed by atoms with E-state index in [0.29, 0.717) is 10.6 Å². The molecule has 0 bridgehead atoms. The Morgan fingerprint density at radius 3 is 2.26 bits per heavy atom. The Kier molecular flexibility index (Phi) is 5.50. The Bertz CT molecular complexity index is 799. The molecule has 2 rings (SSSR count). The summed E-state index contributed by atoms with van der Waals surface area (Å²) in [6.45, 7) is 7.48. The molecule has 0 heterocycles. The normalized spacial score (nSPS) is 13.1. The highest BCUT2D eigenvalue weighted by molar-refractivity contribution is 7.89. The fourth-order valence-electron chi connectivity index (χ4n) is 2.45. The van der Waals surface area contributed by atoms with E-state index in [9.17, 15) is 8.42 Å². The van der Waals surface area contributed by atoms with E-state index in [0.717, 1.165) is 17.5 Å². The summed E-state index contributed by atoms with van der Waals surface area (Å²) in [5.41, 5.74) is 3.56. The van der Waals surface area contributed by atoms with E-state index in [1.54, 1.807) is 26.0 Å². The molecule has 0 amide bonds. The minimum atomic E-state index is -3.60. The van der Waals surface area contributed by atoms with Crippen LogP contribution in [0.25, 0.3) is 0 Å². The summed E-state index contributed by atoms with van der Waals surface area (Å²) in [4.78, 5) is 0.274. The summed E-state index contributed by atoms with van der Waals surface area (Å²) in [5, 5.41) is 0.574. The molecule has 1 atom stereocenters. The van der Waals surface area contributed by atoms with E-state index in [-0.39, 0.29) is 10.9 Å². The molecule has 2 aromatic rings. The van der Waals surface area contributed by atoms with Crippen molar-refractivity contribution in [3.8, 4) is 0 Å². The van der Waals surface area contributed by atoms with Crippen LogP contribution in [0.4, 0.5) is 0 Å². The van der Waals surface area contributed by atoms with Crippen molar-refractivity contribution in [3.63, 3.8) is 0 Å². The first-order chi connectivity index (χ1) is 10.7. The maximum Gasteiger partial charge on any atom is 0.241 e. The molecule has 0 saturated heterocycles. The Hall–Kier alpha value is -1.36. The van der Waals surface area contributed by atoms with Gasteiger partial charge in [-0.2, -0.15) is 0 Å². The van der Waals surface area contributed by atoms with Gasteiger partial charge in [0.05, 0.1) is 4.90 Å². The van der Waals surface area contributed by atoms with Crippen LogP contribution in [0, 0.1) is 13.8 Å². The van der Waals surface area contributed by atoms with Gasteiger partial charge in [-0.05, 0) is 61.6 Å². The van der Waals surface area contributed by atoms with Crippen LogP contribution >= 0.6 is 11.6 Å². The SMILES string of the molecule is CCc1ccc(C(C)NS(=O)(=O)c2cc(C)c(Cl)cc2C)cc1. The van der Waals surface area contributed by atoms with Crippen molar-refractivity contribution in [3.05, 3.63) is 63.7 Å². The molecule has 1 unspecified atom stereocenters.